The van der Waals surface area contributed by atoms with Crippen molar-refractivity contribution in [1.29, 1.82) is 0 Å². The highest BCUT2D eigenvalue weighted by molar-refractivity contribution is 5.44. The van der Waals surface area contributed by atoms with Crippen LogP contribution in [0.2, 0.25) is 0 Å². The lowest BCUT2D eigenvalue weighted by Crippen LogP contribution is -2.20. The van der Waals surface area contributed by atoms with E-state index in [1.165, 1.54) is 11.1 Å². The highest BCUT2D eigenvalue weighted by Crippen LogP contribution is 2.44. The second kappa shape index (κ2) is 5.64. The zero-order chi connectivity index (χ0) is 14.8. The van der Waals surface area contributed by atoms with E-state index in [1.54, 1.807) is 0 Å². The molecule has 2 nitrogen and oxygen atoms in total. The van der Waals surface area contributed by atoms with Crippen molar-refractivity contribution in [3.63, 3.8) is 0 Å². The highest BCUT2D eigenvalue weighted by Gasteiger charge is 2.30. The summed E-state index contributed by atoms with van der Waals surface area (Å²) in [5, 5.41) is 0. The van der Waals surface area contributed by atoms with Gasteiger partial charge in [0, 0.05) is 24.1 Å². The summed E-state index contributed by atoms with van der Waals surface area (Å²) >= 11 is 0. The molecule has 0 spiro atoms. The summed E-state index contributed by atoms with van der Waals surface area (Å²) in [4.78, 5) is 4.48. The van der Waals surface area contributed by atoms with Crippen LogP contribution >= 0.6 is 0 Å². The van der Waals surface area contributed by atoms with E-state index in [0.717, 1.165) is 17.9 Å². The molecule has 0 aliphatic carbocycles. The summed E-state index contributed by atoms with van der Waals surface area (Å²) in [5.74, 6) is 1.32. The molecule has 0 unspecified atom stereocenters. The minimum atomic E-state index is 0.00121. The van der Waals surface area contributed by atoms with Crippen LogP contribution in [-0.4, -0.2) is 4.98 Å². The molecule has 0 bridgehead atoms. The molecule has 0 N–H and O–H groups in total. The van der Waals surface area contributed by atoms with Gasteiger partial charge in [-0.15, -0.1) is 0 Å². The quantitative estimate of drug-likeness (QED) is 0.679. The van der Waals surface area contributed by atoms with E-state index < -0.39 is 0 Å². The van der Waals surface area contributed by atoms with Crippen molar-refractivity contribution >= 4 is 0 Å². The van der Waals surface area contributed by atoms with Gasteiger partial charge < -0.3 is 4.74 Å². The number of nitrogens with zero attached hydrogens (tertiary/aromatic N) is 1. The standard InChI is InChI=1S/C20H17NO/c1-2-8-15(9-3-1)17-14-20(18-11-6-7-13-21-18)22-19-12-5-4-10-16(17)19/h1-13,17,20H,14H2/t17-,20+/m0/s1. The molecule has 4 rings (SSSR count). The van der Waals surface area contributed by atoms with Crippen molar-refractivity contribution in [2.75, 3.05) is 0 Å². The Balaban J connectivity index is 1.77. The van der Waals surface area contributed by atoms with Crippen molar-refractivity contribution in [2.45, 2.75) is 18.4 Å². The molecule has 0 fully saturated rings. The molecular formula is C20H17NO. The molecule has 1 aromatic heterocycles. The summed E-state index contributed by atoms with van der Waals surface area (Å²) in [5.41, 5.74) is 3.60. The molecule has 3 aromatic rings. The third-order valence-corrected chi connectivity index (χ3v) is 4.23. The lowest BCUT2D eigenvalue weighted by molar-refractivity contribution is 0.163. The molecular weight excluding hydrogens is 270 g/mol. The Bertz CT molecular complexity index is 755. The third-order valence-electron chi connectivity index (χ3n) is 4.23. The molecule has 0 saturated carbocycles. The normalized spacial score (nSPS) is 20.0. The average Bonchev–Trinajstić information content (AvgIpc) is 2.62. The predicted molar refractivity (Wildman–Crippen MR) is 87.0 cm³/mol. The first-order chi connectivity index (χ1) is 10.9. The van der Waals surface area contributed by atoms with Crippen molar-refractivity contribution in [3.05, 3.63) is 95.8 Å². The molecule has 2 atom stereocenters. The second-order valence-corrected chi connectivity index (χ2v) is 5.60. The van der Waals surface area contributed by atoms with Gasteiger partial charge in [0.1, 0.15) is 11.9 Å². The van der Waals surface area contributed by atoms with Crippen molar-refractivity contribution in [2.24, 2.45) is 0 Å². The van der Waals surface area contributed by atoms with Gasteiger partial charge in [0.15, 0.2) is 0 Å². The molecule has 1 aliphatic rings. The first kappa shape index (κ1) is 13.1. The summed E-state index contributed by atoms with van der Waals surface area (Å²) in [6, 6.07) is 25.0. The Hall–Kier alpha value is -2.61. The van der Waals surface area contributed by atoms with Gasteiger partial charge in [0.2, 0.25) is 0 Å². The lowest BCUT2D eigenvalue weighted by atomic mass is 9.83. The van der Waals surface area contributed by atoms with Crippen LogP contribution in [0.15, 0.2) is 79.0 Å². The van der Waals surface area contributed by atoms with Crippen LogP contribution in [0, 0.1) is 0 Å². The van der Waals surface area contributed by atoms with Gasteiger partial charge in [-0.1, -0.05) is 54.6 Å². The molecule has 0 saturated heterocycles. The number of benzene rings is 2. The fraction of sp³-hybridized carbons (Fsp3) is 0.150. The lowest BCUT2D eigenvalue weighted by Gasteiger charge is -2.32. The summed E-state index contributed by atoms with van der Waals surface area (Å²) in [7, 11) is 0. The smallest absolute Gasteiger partial charge is 0.141 e. The maximum absolute atomic E-state index is 6.21. The number of fused-ring (bicyclic) bond motifs is 1. The Morgan fingerprint density at radius 3 is 2.41 bits per heavy atom. The third kappa shape index (κ3) is 2.37. The minimum Gasteiger partial charge on any atom is -0.484 e. The van der Waals surface area contributed by atoms with E-state index in [1.807, 2.05) is 30.5 Å². The van der Waals surface area contributed by atoms with Gasteiger partial charge in [0.25, 0.3) is 0 Å². The van der Waals surface area contributed by atoms with Crippen LogP contribution in [0.25, 0.3) is 0 Å². The number of hydrogen-bond acceptors (Lipinski definition) is 2. The summed E-state index contributed by atoms with van der Waals surface area (Å²) < 4.78 is 6.21. The van der Waals surface area contributed by atoms with E-state index in [9.17, 15) is 0 Å². The first-order valence-corrected chi connectivity index (χ1v) is 7.63. The van der Waals surface area contributed by atoms with E-state index >= 15 is 0 Å². The number of ether oxygens (including phenoxy) is 1. The second-order valence-electron chi connectivity index (χ2n) is 5.60. The van der Waals surface area contributed by atoms with Crippen LogP contribution in [0.4, 0.5) is 0 Å². The van der Waals surface area contributed by atoms with Gasteiger partial charge >= 0.3 is 0 Å². The van der Waals surface area contributed by atoms with Gasteiger partial charge in [-0.25, -0.2) is 0 Å². The first-order valence-electron chi connectivity index (χ1n) is 7.63. The van der Waals surface area contributed by atoms with Gasteiger partial charge in [-0.2, -0.15) is 0 Å². The van der Waals surface area contributed by atoms with Crippen LogP contribution in [0.1, 0.15) is 35.3 Å². The molecule has 2 aromatic carbocycles. The zero-order valence-electron chi connectivity index (χ0n) is 12.2. The molecule has 0 amide bonds. The maximum atomic E-state index is 6.21. The minimum absolute atomic E-state index is 0.00121. The summed E-state index contributed by atoms with van der Waals surface area (Å²) in [6.07, 6.45) is 2.75. The van der Waals surface area contributed by atoms with E-state index in [0.29, 0.717) is 5.92 Å². The maximum Gasteiger partial charge on any atom is 0.141 e. The Morgan fingerprint density at radius 2 is 1.59 bits per heavy atom. The van der Waals surface area contributed by atoms with Crippen molar-refractivity contribution in [3.8, 4) is 5.75 Å². The summed E-state index contributed by atoms with van der Waals surface area (Å²) in [6.45, 7) is 0. The van der Waals surface area contributed by atoms with Gasteiger partial charge in [-0.3, -0.25) is 4.98 Å². The molecule has 108 valence electrons. The number of aromatic nitrogens is 1. The number of para-hydroxylation sites is 1. The molecule has 22 heavy (non-hydrogen) atoms. The zero-order valence-corrected chi connectivity index (χ0v) is 12.2. The Morgan fingerprint density at radius 1 is 0.818 bits per heavy atom. The topological polar surface area (TPSA) is 22.1 Å². The van der Waals surface area contributed by atoms with Crippen LogP contribution < -0.4 is 4.74 Å². The Labute approximate surface area is 130 Å². The largest absolute Gasteiger partial charge is 0.484 e. The molecule has 0 radical (unpaired) electrons. The van der Waals surface area contributed by atoms with E-state index in [-0.39, 0.29) is 6.10 Å². The van der Waals surface area contributed by atoms with Crippen LogP contribution in [0.5, 0.6) is 5.75 Å². The molecule has 1 aliphatic heterocycles. The fourth-order valence-electron chi connectivity index (χ4n) is 3.17. The van der Waals surface area contributed by atoms with Crippen molar-refractivity contribution in [1.82, 2.24) is 4.98 Å². The number of pyridine rings is 1. The SMILES string of the molecule is c1ccc([C@@H]2C[C@H](c3ccccn3)Oc3ccccc32)cc1. The van der Waals surface area contributed by atoms with Crippen molar-refractivity contribution < 1.29 is 4.74 Å². The molecule has 2 heterocycles. The van der Waals surface area contributed by atoms with Gasteiger partial charge in [-0.05, 0) is 23.8 Å². The average molecular weight is 287 g/mol. The number of hydrogen-bond donors (Lipinski definition) is 0. The van der Waals surface area contributed by atoms with Gasteiger partial charge in [0.05, 0.1) is 5.69 Å². The predicted octanol–water partition coefficient (Wildman–Crippen LogP) is 4.74. The van der Waals surface area contributed by atoms with Crippen LogP contribution in [-0.2, 0) is 0 Å². The molecule has 2 heteroatoms. The number of rotatable bonds is 2. The Kier molecular flexibility index (Phi) is 3.36. The monoisotopic (exact) mass is 287 g/mol. The van der Waals surface area contributed by atoms with E-state index in [4.69, 9.17) is 4.74 Å². The fourth-order valence-corrected chi connectivity index (χ4v) is 3.17. The van der Waals surface area contributed by atoms with E-state index in [2.05, 4.69) is 53.5 Å². The highest BCUT2D eigenvalue weighted by atomic mass is 16.5. The van der Waals surface area contributed by atoms with Crippen LogP contribution in [0.3, 0.4) is 0 Å².